The molecule has 0 aliphatic carbocycles. The molecule has 0 N–H and O–H groups in total. The highest BCUT2D eigenvalue weighted by Crippen LogP contribution is 2.29. The van der Waals surface area contributed by atoms with E-state index in [0.29, 0.717) is 4.64 Å². The van der Waals surface area contributed by atoms with Gasteiger partial charge in [-0.3, -0.25) is 4.57 Å². The molecule has 3 heteroatoms. The van der Waals surface area contributed by atoms with Gasteiger partial charge in [0.25, 0.3) is 0 Å². The monoisotopic (exact) mass is 340 g/mol. The molecule has 0 aliphatic rings. The van der Waals surface area contributed by atoms with Crippen molar-refractivity contribution >= 4 is 12.2 Å². The van der Waals surface area contributed by atoms with Crippen LogP contribution in [0.25, 0.3) is 28.3 Å². The molecule has 4 rings (SSSR count). The fraction of sp³-hybridized carbons (Fsp3) is 0. The van der Waals surface area contributed by atoms with Gasteiger partial charge in [-0.25, -0.2) is 4.98 Å². The van der Waals surface area contributed by atoms with Crippen LogP contribution in [-0.4, -0.2) is 9.55 Å². The van der Waals surface area contributed by atoms with Crippen molar-refractivity contribution in [2.24, 2.45) is 0 Å². The first-order chi connectivity index (χ1) is 12.3. The number of hydrogen-bond donors (Lipinski definition) is 0. The minimum atomic E-state index is 0.588. The molecule has 0 saturated carbocycles. The van der Waals surface area contributed by atoms with E-state index >= 15 is 0 Å². The van der Waals surface area contributed by atoms with Gasteiger partial charge in [0.1, 0.15) is 10.5 Å². The largest absolute Gasteiger partial charge is 0.294 e. The second kappa shape index (κ2) is 6.83. The zero-order chi connectivity index (χ0) is 17.1. The van der Waals surface area contributed by atoms with Gasteiger partial charge in [0.2, 0.25) is 0 Å². The van der Waals surface area contributed by atoms with E-state index in [1.807, 2.05) is 60.7 Å². The molecule has 0 amide bonds. The summed E-state index contributed by atoms with van der Waals surface area (Å²) >= 11 is 5.47. The van der Waals surface area contributed by atoms with E-state index in [-0.39, 0.29) is 0 Å². The summed E-state index contributed by atoms with van der Waals surface area (Å²) in [6.45, 7) is 0. The second-order valence-electron chi connectivity index (χ2n) is 5.71. The maximum absolute atomic E-state index is 5.47. The summed E-state index contributed by atoms with van der Waals surface area (Å²) in [6.07, 6.45) is 0. The summed E-state index contributed by atoms with van der Waals surface area (Å²) in [7, 11) is 0. The molecule has 3 aromatic carbocycles. The molecule has 120 valence electrons. The zero-order valence-corrected chi connectivity index (χ0v) is 14.4. The Morgan fingerprint density at radius 1 is 0.640 bits per heavy atom. The molecule has 0 saturated heterocycles. The van der Waals surface area contributed by atoms with Gasteiger partial charge in [0, 0.05) is 11.3 Å². The van der Waals surface area contributed by atoms with Crippen LogP contribution in [0.5, 0.6) is 0 Å². The minimum Gasteiger partial charge on any atom is -0.294 e. The topological polar surface area (TPSA) is 17.8 Å². The molecule has 0 aliphatic heterocycles. The van der Waals surface area contributed by atoms with E-state index in [1.165, 1.54) is 0 Å². The third kappa shape index (κ3) is 3.14. The van der Waals surface area contributed by atoms with Crippen LogP contribution in [0, 0.1) is 4.64 Å². The summed E-state index contributed by atoms with van der Waals surface area (Å²) in [5, 5.41) is 0. The van der Waals surface area contributed by atoms with Crippen LogP contribution >= 0.6 is 12.2 Å². The summed E-state index contributed by atoms with van der Waals surface area (Å²) in [6, 6.07) is 32.7. The Labute approximate surface area is 152 Å². The lowest BCUT2D eigenvalue weighted by molar-refractivity contribution is 0.997. The molecule has 1 aromatic heterocycles. The molecule has 0 radical (unpaired) electrons. The van der Waals surface area contributed by atoms with Crippen molar-refractivity contribution in [2.75, 3.05) is 0 Å². The van der Waals surface area contributed by atoms with Crippen LogP contribution in [0.1, 0.15) is 0 Å². The van der Waals surface area contributed by atoms with E-state index < -0.39 is 0 Å². The fourth-order valence-electron chi connectivity index (χ4n) is 2.92. The second-order valence-corrected chi connectivity index (χ2v) is 6.12. The third-order valence-electron chi connectivity index (χ3n) is 4.04. The number of aromatic nitrogens is 2. The molecule has 25 heavy (non-hydrogen) atoms. The maximum Gasteiger partial charge on any atom is 0.146 e. The number of rotatable bonds is 3. The van der Waals surface area contributed by atoms with E-state index in [9.17, 15) is 0 Å². The lowest BCUT2D eigenvalue weighted by Crippen LogP contribution is -2.07. The Hall–Kier alpha value is -3.04. The molecule has 0 bridgehead atoms. The van der Waals surface area contributed by atoms with Gasteiger partial charge < -0.3 is 0 Å². The number of benzene rings is 3. The first kappa shape index (κ1) is 15.5. The van der Waals surface area contributed by atoms with Gasteiger partial charge in [0.05, 0.1) is 5.69 Å². The predicted molar refractivity (Wildman–Crippen MR) is 105 cm³/mol. The minimum absolute atomic E-state index is 0.588. The highest BCUT2D eigenvalue weighted by atomic mass is 32.1. The molecule has 4 aromatic rings. The molecular weight excluding hydrogens is 324 g/mol. The number of nitrogens with zero attached hydrogens (tertiary/aromatic N) is 2. The normalized spacial score (nSPS) is 10.6. The quantitative estimate of drug-likeness (QED) is 0.430. The average molecular weight is 340 g/mol. The zero-order valence-electron chi connectivity index (χ0n) is 13.5. The highest BCUT2D eigenvalue weighted by molar-refractivity contribution is 7.71. The van der Waals surface area contributed by atoms with Crippen LogP contribution in [0.3, 0.4) is 0 Å². The molecule has 0 fully saturated rings. The fourth-order valence-corrected chi connectivity index (χ4v) is 3.12. The van der Waals surface area contributed by atoms with Crippen molar-refractivity contribution < 1.29 is 0 Å². The maximum atomic E-state index is 5.47. The molecule has 0 atom stereocenters. The lowest BCUT2D eigenvalue weighted by atomic mass is 10.1. The van der Waals surface area contributed by atoms with Gasteiger partial charge in [-0.15, -0.1) is 0 Å². The van der Waals surface area contributed by atoms with Crippen LogP contribution in [0.15, 0.2) is 97.1 Å². The van der Waals surface area contributed by atoms with Crippen molar-refractivity contribution in [1.29, 1.82) is 0 Å². The van der Waals surface area contributed by atoms with Gasteiger partial charge in [-0.05, 0) is 23.8 Å². The molecule has 0 spiro atoms. The summed E-state index contributed by atoms with van der Waals surface area (Å²) < 4.78 is 2.75. The first-order valence-electron chi connectivity index (χ1n) is 8.13. The van der Waals surface area contributed by atoms with Crippen LogP contribution in [0.4, 0.5) is 0 Å². The van der Waals surface area contributed by atoms with E-state index in [2.05, 4.69) is 45.9 Å². The standard InChI is InChI=1S/C22H16N2S/c25-21-16-20(17-10-4-1-5-11-17)24(19-14-8-3-9-15-19)22(23-21)18-12-6-2-7-13-18/h1-16H. The predicted octanol–water partition coefficient (Wildman–Crippen LogP) is 5.94. The van der Waals surface area contributed by atoms with E-state index in [4.69, 9.17) is 12.2 Å². The first-order valence-corrected chi connectivity index (χ1v) is 8.54. The molecular formula is C22H16N2S. The van der Waals surface area contributed by atoms with Gasteiger partial charge in [0.15, 0.2) is 0 Å². The Balaban J connectivity index is 2.09. The summed E-state index contributed by atoms with van der Waals surface area (Å²) in [5.41, 5.74) is 4.24. The van der Waals surface area contributed by atoms with Crippen LogP contribution in [0.2, 0.25) is 0 Å². The third-order valence-corrected chi connectivity index (χ3v) is 4.25. The SMILES string of the molecule is S=c1cc(-c2ccccc2)n(-c2ccccc2)c(-c2ccccc2)n1. The van der Waals surface area contributed by atoms with E-state index in [1.54, 1.807) is 0 Å². The Kier molecular flexibility index (Phi) is 4.23. The molecule has 1 heterocycles. The van der Waals surface area contributed by atoms with Crippen molar-refractivity contribution in [3.8, 4) is 28.3 Å². The van der Waals surface area contributed by atoms with Crippen molar-refractivity contribution in [3.63, 3.8) is 0 Å². The molecule has 2 nitrogen and oxygen atoms in total. The Morgan fingerprint density at radius 3 is 1.76 bits per heavy atom. The van der Waals surface area contributed by atoms with Crippen molar-refractivity contribution in [1.82, 2.24) is 9.55 Å². The lowest BCUT2D eigenvalue weighted by Gasteiger charge is -2.18. The Bertz CT molecular complexity index is 976. The van der Waals surface area contributed by atoms with E-state index in [0.717, 1.165) is 28.3 Å². The molecule has 0 unspecified atom stereocenters. The average Bonchev–Trinajstić information content (AvgIpc) is 2.69. The smallest absolute Gasteiger partial charge is 0.146 e. The van der Waals surface area contributed by atoms with Crippen LogP contribution < -0.4 is 0 Å². The summed E-state index contributed by atoms with van der Waals surface area (Å²) in [4.78, 5) is 4.68. The number of hydrogen-bond acceptors (Lipinski definition) is 2. The van der Waals surface area contributed by atoms with Gasteiger partial charge in [-0.2, -0.15) is 0 Å². The van der Waals surface area contributed by atoms with Gasteiger partial charge >= 0.3 is 0 Å². The van der Waals surface area contributed by atoms with Crippen molar-refractivity contribution in [2.45, 2.75) is 0 Å². The highest BCUT2D eigenvalue weighted by Gasteiger charge is 2.13. The van der Waals surface area contributed by atoms with Crippen molar-refractivity contribution in [3.05, 3.63) is 102 Å². The Morgan fingerprint density at radius 2 is 1.16 bits per heavy atom. The van der Waals surface area contributed by atoms with Gasteiger partial charge in [-0.1, -0.05) is 91.1 Å². The number of para-hydroxylation sites is 1. The van der Waals surface area contributed by atoms with Crippen LogP contribution in [-0.2, 0) is 0 Å². The summed E-state index contributed by atoms with van der Waals surface area (Å²) in [5.74, 6) is 0.846.